The predicted molar refractivity (Wildman–Crippen MR) is 87.1 cm³/mol. The molecule has 0 bridgehead atoms. The minimum Gasteiger partial charge on any atom is -0.544 e. The number of sulfonamides is 1. The third-order valence-electron chi connectivity index (χ3n) is 3.13. The van der Waals surface area contributed by atoms with Crippen LogP contribution in [0.3, 0.4) is 0 Å². The van der Waals surface area contributed by atoms with Crippen LogP contribution in [0.1, 0.15) is 32.6 Å². The molecule has 23 heavy (non-hydrogen) atoms. The molecule has 0 aliphatic carbocycles. The number of aromatic carboxylic acids is 1. The smallest absolute Gasteiger partial charge is 0.276 e. The minimum atomic E-state index is -3.79. The van der Waals surface area contributed by atoms with Crippen molar-refractivity contribution in [2.24, 2.45) is 5.10 Å². The fourth-order valence-corrected chi connectivity index (χ4v) is 3.85. The van der Waals surface area contributed by atoms with Crippen molar-refractivity contribution in [1.82, 2.24) is 4.83 Å². The molecule has 0 atom stereocenters. The number of hydrogen-bond acceptors (Lipinski definition) is 6. The lowest BCUT2D eigenvalue weighted by Gasteiger charge is -2.08. The molecule has 8 heteroatoms. The van der Waals surface area contributed by atoms with Crippen LogP contribution in [0.5, 0.6) is 0 Å². The Kier molecular flexibility index (Phi) is 4.86. The first kappa shape index (κ1) is 17.2. The molecule has 1 N–H and O–H groups in total. The predicted octanol–water partition coefficient (Wildman–Crippen LogP) is 1.43. The van der Waals surface area contributed by atoms with Gasteiger partial charge in [0.1, 0.15) is 0 Å². The molecule has 122 valence electrons. The molecule has 2 rings (SSSR count). The molecule has 6 nitrogen and oxygen atoms in total. The normalized spacial score (nSPS) is 12.2. The van der Waals surface area contributed by atoms with Gasteiger partial charge in [0.25, 0.3) is 10.0 Å². The molecular formula is C15H15N2O4S2-. The van der Waals surface area contributed by atoms with Crippen LogP contribution >= 0.6 is 11.3 Å². The quantitative estimate of drug-likeness (QED) is 0.651. The van der Waals surface area contributed by atoms with Gasteiger partial charge < -0.3 is 9.90 Å². The van der Waals surface area contributed by atoms with Gasteiger partial charge in [-0.1, -0.05) is 12.1 Å². The van der Waals surface area contributed by atoms with Gasteiger partial charge in [0.15, 0.2) is 0 Å². The van der Waals surface area contributed by atoms with Crippen molar-refractivity contribution >= 4 is 33.0 Å². The van der Waals surface area contributed by atoms with Crippen LogP contribution in [-0.2, 0) is 10.0 Å². The number of hydrogen-bond donors (Lipinski definition) is 1. The van der Waals surface area contributed by atoms with E-state index in [1.807, 2.05) is 6.07 Å². The monoisotopic (exact) mass is 351 g/mol. The Labute approximate surface area is 138 Å². The van der Waals surface area contributed by atoms with Gasteiger partial charge in [0, 0.05) is 0 Å². The summed E-state index contributed by atoms with van der Waals surface area (Å²) in [6.45, 7) is 5.10. The van der Waals surface area contributed by atoms with E-state index in [-0.39, 0.29) is 9.77 Å². The van der Waals surface area contributed by atoms with Crippen molar-refractivity contribution in [3.05, 3.63) is 51.2 Å². The van der Waals surface area contributed by atoms with Crippen molar-refractivity contribution in [3.63, 3.8) is 0 Å². The first-order chi connectivity index (χ1) is 10.7. The zero-order valence-corrected chi connectivity index (χ0v) is 14.4. The molecule has 0 saturated carbocycles. The molecule has 1 heterocycles. The van der Waals surface area contributed by atoms with Gasteiger partial charge in [-0.15, -0.1) is 11.3 Å². The topological polar surface area (TPSA) is 98.7 Å². The summed E-state index contributed by atoms with van der Waals surface area (Å²) < 4.78 is 24.7. The van der Waals surface area contributed by atoms with Gasteiger partial charge in [-0.3, -0.25) is 0 Å². The molecular weight excluding hydrogens is 336 g/mol. The molecule has 2 aromatic rings. The number of aryl methyl sites for hydroxylation is 2. The first-order valence-electron chi connectivity index (χ1n) is 6.65. The number of thiophene rings is 1. The highest BCUT2D eigenvalue weighted by atomic mass is 32.2. The SMILES string of the molecule is C/C(=N/NS(=O)(=O)c1cc(C)ccc1C)c1ccc(C(=O)[O-])s1. The van der Waals surface area contributed by atoms with Crippen molar-refractivity contribution < 1.29 is 18.3 Å². The molecule has 0 aliphatic rings. The van der Waals surface area contributed by atoms with Crippen molar-refractivity contribution in [2.75, 3.05) is 0 Å². The lowest BCUT2D eigenvalue weighted by atomic mass is 10.2. The van der Waals surface area contributed by atoms with Gasteiger partial charge in [-0.2, -0.15) is 18.4 Å². The summed E-state index contributed by atoms with van der Waals surface area (Å²) in [6.07, 6.45) is 0. The van der Waals surface area contributed by atoms with Crippen LogP contribution in [-0.4, -0.2) is 20.1 Å². The number of hydrazone groups is 1. The molecule has 0 unspecified atom stereocenters. The van der Waals surface area contributed by atoms with E-state index in [1.165, 1.54) is 6.07 Å². The second-order valence-electron chi connectivity index (χ2n) is 5.01. The maximum atomic E-state index is 12.3. The summed E-state index contributed by atoms with van der Waals surface area (Å²) in [6, 6.07) is 8.08. The molecule has 0 fully saturated rings. The van der Waals surface area contributed by atoms with E-state index >= 15 is 0 Å². The fourth-order valence-electron chi connectivity index (χ4n) is 1.87. The van der Waals surface area contributed by atoms with Gasteiger partial charge in [-0.05, 0) is 50.1 Å². The van der Waals surface area contributed by atoms with E-state index in [0.717, 1.165) is 16.9 Å². The largest absolute Gasteiger partial charge is 0.544 e. The van der Waals surface area contributed by atoms with E-state index in [1.54, 1.807) is 39.0 Å². The summed E-state index contributed by atoms with van der Waals surface area (Å²) >= 11 is 0.973. The minimum absolute atomic E-state index is 0.0620. The Hall–Kier alpha value is -2.19. The van der Waals surface area contributed by atoms with Gasteiger partial charge in [0.05, 0.1) is 26.3 Å². The standard InChI is InChI=1S/C15H16N2O4S2/c1-9-4-5-10(2)14(8-9)23(20,21)17-16-11(3)12-6-7-13(22-12)15(18)19/h4-8,17H,1-3H3,(H,18,19)/p-1/b16-11-. The van der Waals surface area contributed by atoms with E-state index in [0.29, 0.717) is 16.2 Å². The Bertz CT molecular complexity index is 883. The summed E-state index contributed by atoms with van der Waals surface area (Å²) in [4.78, 5) is 13.7. The van der Waals surface area contributed by atoms with E-state index in [4.69, 9.17) is 0 Å². The lowest BCUT2D eigenvalue weighted by Crippen LogP contribution is -2.21. The van der Waals surface area contributed by atoms with Crippen molar-refractivity contribution in [3.8, 4) is 0 Å². The maximum absolute atomic E-state index is 12.3. The number of carboxylic acids is 1. The highest BCUT2D eigenvalue weighted by Crippen LogP contribution is 2.18. The summed E-state index contributed by atoms with van der Waals surface area (Å²) in [5.74, 6) is -1.27. The number of benzene rings is 1. The van der Waals surface area contributed by atoms with Crippen molar-refractivity contribution in [1.29, 1.82) is 0 Å². The second-order valence-corrected chi connectivity index (χ2v) is 7.73. The summed E-state index contributed by atoms with van der Waals surface area (Å²) in [7, 11) is -3.79. The third-order valence-corrected chi connectivity index (χ3v) is 5.66. The van der Waals surface area contributed by atoms with Crippen LogP contribution in [0.25, 0.3) is 0 Å². The molecule has 0 amide bonds. The second kappa shape index (κ2) is 6.51. The Morgan fingerprint density at radius 3 is 2.43 bits per heavy atom. The van der Waals surface area contributed by atoms with Gasteiger partial charge in [0.2, 0.25) is 0 Å². The van der Waals surface area contributed by atoms with Crippen LogP contribution in [0.2, 0.25) is 0 Å². The highest BCUT2D eigenvalue weighted by Gasteiger charge is 2.16. The summed E-state index contributed by atoms with van der Waals surface area (Å²) in [5.41, 5.74) is 1.82. The van der Waals surface area contributed by atoms with E-state index in [9.17, 15) is 18.3 Å². The molecule has 0 radical (unpaired) electrons. The Morgan fingerprint density at radius 1 is 1.17 bits per heavy atom. The number of carbonyl (C=O) groups excluding carboxylic acids is 1. The van der Waals surface area contributed by atoms with Gasteiger partial charge in [-0.25, -0.2) is 0 Å². The number of rotatable bonds is 5. The van der Waals surface area contributed by atoms with Crippen LogP contribution < -0.4 is 9.94 Å². The zero-order valence-electron chi connectivity index (χ0n) is 12.8. The molecule has 1 aromatic heterocycles. The number of carboxylic acid groups (broad SMARTS) is 1. The lowest BCUT2D eigenvalue weighted by molar-refractivity contribution is -0.254. The van der Waals surface area contributed by atoms with Crippen molar-refractivity contribution in [2.45, 2.75) is 25.7 Å². The third kappa shape index (κ3) is 3.96. The fraction of sp³-hybridized carbons (Fsp3) is 0.200. The van der Waals surface area contributed by atoms with Crippen LogP contribution in [0.4, 0.5) is 0 Å². The Balaban J connectivity index is 2.26. The molecule has 0 spiro atoms. The average molecular weight is 351 g/mol. The molecule has 0 saturated heterocycles. The maximum Gasteiger partial charge on any atom is 0.276 e. The van der Waals surface area contributed by atoms with Crippen LogP contribution in [0.15, 0.2) is 40.3 Å². The zero-order chi connectivity index (χ0) is 17.2. The number of nitrogens with one attached hydrogen (secondary N) is 1. The van der Waals surface area contributed by atoms with Gasteiger partial charge >= 0.3 is 0 Å². The van der Waals surface area contributed by atoms with Crippen LogP contribution in [0, 0.1) is 13.8 Å². The van der Waals surface area contributed by atoms with E-state index < -0.39 is 16.0 Å². The summed E-state index contributed by atoms with van der Waals surface area (Å²) in [5, 5.41) is 14.6. The number of carbonyl (C=O) groups is 1. The Morgan fingerprint density at radius 2 is 1.83 bits per heavy atom. The first-order valence-corrected chi connectivity index (χ1v) is 8.95. The molecule has 0 aliphatic heterocycles. The van der Waals surface area contributed by atoms with E-state index in [2.05, 4.69) is 9.93 Å². The molecule has 1 aromatic carbocycles. The number of nitrogens with zero attached hydrogens (tertiary/aromatic N) is 1. The average Bonchev–Trinajstić information content (AvgIpc) is 2.97. The highest BCUT2D eigenvalue weighted by molar-refractivity contribution is 7.89.